The molecule has 27 heavy (non-hydrogen) atoms. The van der Waals surface area contributed by atoms with Crippen LogP contribution in [0.3, 0.4) is 0 Å². The van der Waals surface area contributed by atoms with Gasteiger partial charge >= 0.3 is 0 Å². The van der Waals surface area contributed by atoms with Gasteiger partial charge in [0.1, 0.15) is 5.82 Å². The van der Waals surface area contributed by atoms with Crippen LogP contribution in [0.2, 0.25) is 0 Å². The van der Waals surface area contributed by atoms with Crippen LogP contribution in [-0.2, 0) is 0 Å². The molecule has 0 spiro atoms. The summed E-state index contributed by atoms with van der Waals surface area (Å²) in [4.78, 5) is 18.5. The summed E-state index contributed by atoms with van der Waals surface area (Å²) in [7, 11) is 7.64. The number of nitrogens with zero attached hydrogens (tertiary/aromatic N) is 2. The lowest BCUT2D eigenvalue weighted by Crippen LogP contribution is -2.14. The third kappa shape index (κ3) is 3.88. The minimum Gasteiger partial charge on any atom is -0.378 e. The molecule has 0 atom stereocenters. The average molecular weight is 383 g/mol. The zero-order chi connectivity index (χ0) is 19.7. The van der Waals surface area contributed by atoms with Crippen LogP contribution >= 0.6 is 11.3 Å². The number of benzene rings is 2. The normalized spacial score (nSPS) is 10.7. The molecular weight excluding hydrogens is 359 g/mol. The first-order chi connectivity index (χ1) is 12.8. The molecule has 5 heteroatoms. The Morgan fingerprint density at radius 3 is 2.30 bits per heavy atom. The Morgan fingerprint density at radius 1 is 0.926 bits per heavy atom. The van der Waals surface area contributed by atoms with Gasteiger partial charge in [-0.3, -0.25) is 4.79 Å². The monoisotopic (exact) mass is 382 g/mol. The van der Waals surface area contributed by atoms with E-state index in [0.717, 1.165) is 21.7 Å². The van der Waals surface area contributed by atoms with Crippen molar-refractivity contribution in [1.82, 2.24) is 0 Å². The molecule has 0 amide bonds. The van der Waals surface area contributed by atoms with Crippen LogP contribution in [0.4, 0.5) is 15.8 Å². The van der Waals surface area contributed by atoms with E-state index >= 15 is 0 Å². The molecule has 0 aliphatic rings. The Bertz CT molecular complexity index is 992. The molecule has 3 aromatic rings. The summed E-state index contributed by atoms with van der Waals surface area (Å²) in [5, 5.41) is 0. The Labute approximate surface area is 163 Å². The van der Waals surface area contributed by atoms with E-state index in [4.69, 9.17) is 0 Å². The summed E-state index contributed by atoms with van der Waals surface area (Å²) >= 11 is 1.47. The summed E-state index contributed by atoms with van der Waals surface area (Å²) < 4.78 is 13.6. The lowest BCUT2D eigenvalue weighted by Gasteiger charge is -2.16. The second kappa shape index (κ2) is 7.53. The third-order valence-electron chi connectivity index (χ3n) is 4.51. The van der Waals surface area contributed by atoms with Crippen molar-refractivity contribution >= 4 is 28.5 Å². The number of rotatable bonds is 5. The number of anilines is 2. The highest BCUT2D eigenvalue weighted by Gasteiger charge is 2.18. The first kappa shape index (κ1) is 19.1. The molecule has 2 aromatic carbocycles. The van der Waals surface area contributed by atoms with Gasteiger partial charge in [-0.15, -0.1) is 11.3 Å². The van der Waals surface area contributed by atoms with Gasteiger partial charge in [-0.1, -0.05) is 6.07 Å². The second-order valence-electron chi connectivity index (χ2n) is 6.94. The van der Waals surface area contributed by atoms with E-state index in [9.17, 15) is 9.18 Å². The lowest BCUT2D eigenvalue weighted by atomic mass is 10.1. The molecule has 0 aliphatic heterocycles. The van der Waals surface area contributed by atoms with Gasteiger partial charge in [-0.25, -0.2) is 4.39 Å². The Hall–Kier alpha value is -2.66. The Morgan fingerprint density at radius 2 is 1.67 bits per heavy atom. The Balaban J connectivity index is 1.96. The predicted molar refractivity (Wildman–Crippen MR) is 113 cm³/mol. The van der Waals surface area contributed by atoms with Gasteiger partial charge < -0.3 is 9.80 Å². The number of thiophene rings is 1. The van der Waals surface area contributed by atoms with Crippen LogP contribution in [-0.4, -0.2) is 34.0 Å². The maximum atomic E-state index is 13.6. The molecule has 0 N–H and O–H groups in total. The summed E-state index contributed by atoms with van der Waals surface area (Å²) in [5.41, 5.74) is 4.52. The van der Waals surface area contributed by atoms with Crippen molar-refractivity contribution in [3.8, 4) is 10.4 Å². The van der Waals surface area contributed by atoms with Crippen LogP contribution < -0.4 is 9.80 Å². The van der Waals surface area contributed by atoms with Crippen LogP contribution in [0.1, 0.15) is 20.8 Å². The van der Waals surface area contributed by atoms with Gasteiger partial charge in [0.05, 0.1) is 10.6 Å². The van der Waals surface area contributed by atoms with Gasteiger partial charge in [0, 0.05) is 44.3 Å². The number of carbonyl (C=O) groups is 1. The maximum absolute atomic E-state index is 13.6. The van der Waals surface area contributed by atoms with E-state index in [0.29, 0.717) is 16.1 Å². The molecule has 0 bridgehead atoms. The zero-order valence-electron chi connectivity index (χ0n) is 16.2. The maximum Gasteiger partial charge on any atom is 0.205 e. The number of carbonyl (C=O) groups excluding carboxylic acids is 1. The lowest BCUT2D eigenvalue weighted by molar-refractivity contribution is 0.104. The van der Waals surface area contributed by atoms with Crippen LogP contribution in [0.5, 0.6) is 0 Å². The van der Waals surface area contributed by atoms with Gasteiger partial charge in [-0.2, -0.15) is 0 Å². The van der Waals surface area contributed by atoms with Gasteiger partial charge in [0.15, 0.2) is 0 Å². The fourth-order valence-electron chi connectivity index (χ4n) is 3.01. The number of ketones is 1. The molecule has 0 aliphatic carbocycles. The first-order valence-corrected chi connectivity index (χ1v) is 9.49. The smallest absolute Gasteiger partial charge is 0.205 e. The van der Waals surface area contributed by atoms with Crippen molar-refractivity contribution in [3.05, 3.63) is 70.4 Å². The third-order valence-corrected chi connectivity index (χ3v) is 5.63. The summed E-state index contributed by atoms with van der Waals surface area (Å²) in [6, 6.07) is 14.4. The molecule has 0 fully saturated rings. The zero-order valence-corrected chi connectivity index (χ0v) is 17.0. The predicted octanol–water partition coefficient (Wildman–Crippen LogP) is 5.23. The van der Waals surface area contributed by atoms with Crippen molar-refractivity contribution in [2.75, 3.05) is 38.0 Å². The minimum absolute atomic E-state index is 0.0856. The molecule has 0 unspecified atom stereocenters. The van der Waals surface area contributed by atoms with Crippen LogP contribution in [0, 0.1) is 12.7 Å². The highest BCUT2D eigenvalue weighted by molar-refractivity contribution is 7.17. The van der Waals surface area contributed by atoms with E-state index in [-0.39, 0.29) is 11.6 Å². The topological polar surface area (TPSA) is 23.6 Å². The molecular formula is C22H23FN2OS. The van der Waals surface area contributed by atoms with E-state index in [1.165, 1.54) is 23.5 Å². The van der Waals surface area contributed by atoms with Crippen LogP contribution in [0.25, 0.3) is 10.4 Å². The van der Waals surface area contributed by atoms with Gasteiger partial charge in [0.25, 0.3) is 0 Å². The van der Waals surface area contributed by atoms with Crippen molar-refractivity contribution in [2.45, 2.75) is 6.92 Å². The van der Waals surface area contributed by atoms with Gasteiger partial charge in [-0.05, 0) is 60.5 Å². The number of hydrogen-bond acceptors (Lipinski definition) is 4. The highest BCUT2D eigenvalue weighted by Crippen LogP contribution is 2.34. The van der Waals surface area contributed by atoms with Crippen molar-refractivity contribution in [3.63, 3.8) is 0 Å². The summed E-state index contributed by atoms with van der Waals surface area (Å²) in [6.07, 6.45) is 0. The SMILES string of the molecule is Cc1cc(N(C)C)ccc1-c1ccc(C(=O)c2ccc(F)cc2N(C)C)s1. The molecule has 3 nitrogen and oxygen atoms in total. The molecule has 1 heterocycles. The standard InChI is InChI=1S/C22H23FN2OS/c1-14-12-16(24(2)3)7-9-17(14)20-10-11-21(27-20)22(26)18-8-6-15(23)13-19(18)25(4)5/h6-13H,1-5H3. The van der Waals surface area contributed by atoms with Crippen molar-refractivity contribution in [2.24, 2.45) is 0 Å². The molecule has 3 rings (SSSR count). The van der Waals surface area contributed by atoms with Gasteiger partial charge in [0.2, 0.25) is 5.78 Å². The molecule has 140 valence electrons. The average Bonchev–Trinajstić information content (AvgIpc) is 3.10. The van der Waals surface area contributed by atoms with Crippen molar-refractivity contribution < 1.29 is 9.18 Å². The van der Waals surface area contributed by atoms with E-state index in [1.807, 2.05) is 26.2 Å². The van der Waals surface area contributed by atoms with E-state index < -0.39 is 0 Å². The molecule has 0 radical (unpaired) electrons. The van der Waals surface area contributed by atoms with E-state index in [1.54, 1.807) is 25.1 Å². The fraction of sp³-hybridized carbons (Fsp3) is 0.227. The van der Waals surface area contributed by atoms with E-state index in [2.05, 4.69) is 30.0 Å². The number of halogens is 1. The quantitative estimate of drug-likeness (QED) is 0.565. The molecule has 0 saturated carbocycles. The molecule has 1 aromatic heterocycles. The Kier molecular flexibility index (Phi) is 5.33. The summed E-state index contributed by atoms with van der Waals surface area (Å²) in [5.74, 6) is -0.434. The van der Waals surface area contributed by atoms with Crippen molar-refractivity contribution in [1.29, 1.82) is 0 Å². The fourth-order valence-corrected chi connectivity index (χ4v) is 4.06. The second-order valence-corrected chi connectivity index (χ2v) is 8.03. The molecule has 0 saturated heterocycles. The summed E-state index contributed by atoms with van der Waals surface area (Å²) in [6.45, 7) is 2.08. The van der Waals surface area contributed by atoms with Crippen LogP contribution in [0.15, 0.2) is 48.5 Å². The first-order valence-electron chi connectivity index (χ1n) is 8.67. The number of aryl methyl sites for hydroxylation is 1. The highest BCUT2D eigenvalue weighted by atomic mass is 32.1. The number of hydrogen-bond donors (Lipinski definition) is 0. The largest absolute Gasteiger partial charge is 0.378 e. The minimum atomic E-state index is -0.348.